The third-order valence-electron chi connectivity index (χ3n) is 6.64. The predicted octanol–water partition coefficient (Wildman–Crippen LogP) is 8.45. The van der Waals surface area contributed by atoms with Crippen LogP contribution in [0.15, 0.2) is 60.7 Å². The molecule has 0 N–H and O–H groups in total. The lowest BCUT2D eigenvalue weighted by atomic mass is 9.91. The standard InChI is InChI=1S/C31H29/c1-18-11-20(3)30(21(4)12-18)24-7-9-28-26(15-24)17-27-16-25(8-10-29(27)28)31-22(5)13-19(2)14-23(31)6/h7-17H,1-6H3. The topological polar surface area (TPSA) is 0 Å². The smallest absolute Gasteiger partial charge is 0.0212 e. The van der Waals surface area contributed by atoms with Crippen LogP contribution in [0.25, 0.3) is 33.4 Å². The van der Waals surface area contributed by atoms with Crippen LogP contribution in [0.2, 0.25) is 0 Å². The molecule has 0 aromatic heterocycles. The highest BCUT2D eigenvalue weighted by Gasteiger charge is 2.21. The van der Waals surface area contributed by atoms with Crippen LogP contribution >= 0.6 is 0 Å². The highest BCUT2D eigenvalue weighted by molar-refractivity contribution is 5.87. The van der Waals surface area contributed by atoms with Crippen LogP contribution in [0.3, 0.4) is 0 Å². The molecule has 1 aliphatic carbocycles. The van der Waals surface area contributed by atoms with Crippen LogP contribution in [0, 0.1) is 48.0 Å². The van der Waals surface area contributed by atoms with Gasteiger partial charge >= 0.3 is 0 Å². The fourth-order valence-corrected chi connectivity index (χ4v) is 5.60. The molecular weight excluding hydrogens is 372 g/mol. The van der Waals surface area contributed by atoms with Gasteiger partial charge in [-0.2, -0.15) is 0 Å². The molecule has 0 spiro atoms. The van der Waals surface area contributed by atoms with E-state index in [9.17, 15) is 0 Å². The summed E-state index contributed by atoms with van der Waals surface area (Å²) in [6, 6.07) is 23.0. The van der Waals surface area contributed by atoms with Gasteiger partial charge in [0.1, 0.15) is 0 Å². The van der Waals surface area contributed by atoms with Crippen molar-refractivity contribution in [3.05, 3.63) is 112 Å². The second-order valence-electron chi connectivity index (χ2n) is 9.30. The minimum Gasteiger partial charge on any atom is -0.0557 e. The molecular formula is C31H29. The quantitative estimate of drug-likeness (QED) is 0.278. The molecule has 0 heterocycles. The van der Waals surface area contributed by atoms with E-state index in [1.807, 2.05) is 0 Å². The van der Waals surface area contributed by atoms with Gasteiger partial charge in [0.15, 0.2) is 0 Å². The van der Waals surface area contributed by atoms with E-state index in [1.165, 1.54) is 77.9 Å². The second-order valence-corrected chi connectivity index (χ2v) is 9.30. The molecule has 4 aromatic carbocycles. The summed E-state index contributed by atoms with van der Waals surface area (Å²) in [5.74, 6) is 0. The Balaban J connectivity index is 1.57. The minimum atomic E-state index is 1.31. The van der Waals surface area contributed by atoms with E-state index in [0.717, 1.165) is 0 Å². The second kappa shape index (κ2) is 7.24. The lowest BCUT2D eigenvalue weighted by Gasteiger charge is -2.13. The van der Waals surface area contributed by atoms with Gasteiger partial charge in [0, 0.05) is 6.42 Å². The van der Waals surface area contributed by atoms with E-state index >= 15 is 0 Å². The molecule has 1 radical (unpaired) electrons. The first kappa shape index (κ1) is 19.8. The Hall–Kier alpha value is -3.12. The summed E-state index contributed by atoms with van der Waals surface area (Å²) in [7, 11) is 0. The molecule has 0 nitrogen and oxygen atoms in total. The van der Waals surface area contributed by atoms with Gasteiger partial charge in [-0.3, -0.25) is 0 Å². The highest BCUT2D eigenvalue weighted by atomic mass is 14.2. The largest absolute Gasteiger partial charge is 0.0557 e. The molecule has 0 heteroatoms. The van der Waals surface area contributed by atoms with Gasteiger partial charge in [0.05, 0.1) is 0 Å². The van der Waals surface area contributed by atoms with Crippen molar-refractivity contribution in [2.45, 2.75) is 41.5 Å². The zero-order chi connectivity index (χ0) is 21.9. The molecule has 0 saturated carbocycles. The van der Waals surface area contributed by atoms with Gasteiger partial charge in [-0.05, 0) is 120 Å². The van der Waals surface area contributed by atoms with Crippen molar-refractivity contribution in [3.63, 3.8) is 0 Å². The Kier molecular flexibility index (Phi) is 4.63. The molecule has 4 aromatic rings. The molecule has 0 fully saturated rings. The van der Waals surface area contributed by atoms with Crippen LogP contribution in [0.1, 0.15) is 44.5 Å². The Bertz CT molecular complexity index is 1200. The van der Waals surface area contributed by atoms with Crippen LogP contribution < -0.4 is 0 Å². The van der Waals surface area contributed by atoms with Gasteiger partial charge < -0.3 is 0 Å². The van der Waals surface area contributed by atoms with E-state index in [2.05, 4.69) is 109 Å². The Morgan fingerprint density at radius 3 is 1.13 bits per heavy atom. The summed E-state index contributed by atoms with van der Waals surface area (Å²) in [5.41, 5.74) is 18.7. The normalized spacial score (nSPS) is 12.1. The van der Waals surface area contributed by atoms with Crippen molar-refractivity contribution < 1.29 is 0 Å². The van der Waals surface area contributed by atoms with Crippen LogP contribution in [-0.4, -0.2) is 0 Å². The minimum absolute atomic E-state index is 1.31. The molecule has 0 atom stereocenters. The van der Waals surface area contributed by atoms with E-state index in [1.54, 1.807) is 0 Å². The fourth-order valence-electron chi connectivity index (χ4n) is 5.60. The van der Waals surface area contributed by atoms with Crippen molar-refractivity contribution in [2.75, 3.05) is 0 Å². The van der Waals surface area contributed by atoms with Crippen molar-refractivity contribution in [2.24, 2.45) is 0 Å². The van der Waals surface area contributed by atoms with Crippen LogP contribution in [0.5, 0.6) is 0 Å². The summed E-state index contributed by atoms with van der Waals surface area (Å²) >= 11 is 0. The zero-order valence-corrected chi connectivity index (χ0v) is 19.4. The van der Waals surface area contributed by atoms with Gasteiger partial charge in [0.2, 0.25) is 0 Å². The van der Waals surface area contributed by atoms with Crippen molar-refractivity contribution >= 4 is 0 Å². The number of hydrogen-bond donors (Lipinski definition) is 0. The molecule has 0 amide bonds. The fraction of sp³-hybridized carbons (Fsp3) is 0.194. The van der Waals surface area contributed by atoms with Crippen molar-refractivity contribution in [3.8, 4) is 33.4 Å². The maximum Gasteiger partial charge on any atom is 0.0212 e. The number of rotatable bonds is 2. The Morgan fingerprint density at radius 2 is 0.774 bits per heavy atom. The summed E-state index contributed by atoms with van der Waals surface area (Å²) in [5, 5.41) is 0. The van der Waals surface area contributed by atoms with Crippen LogP contribution in [-0.2, 0) is 0 Å². The van der Waals surface area contributed by atoms with Crippen molar-refractivity contribution in [1.82, 2.24) is 0 Å². The SMILES string of the molecule is Cc1cc(C)c(-c2ccc3c(c2)[CH]c2cc(-c4c(C)cc(C)cc4C)ccc2-3)c(C)c1. The Morgan fingerprint density at radius 1 is 0.419 bits per heavy atom. The number of fused-ring (bicyclic) bond motifs is 3. The van der Waals surface area contributed by atoms with E-state index < -0.39 is 0 Å². The van der Waals surface area contributed by atoms with Gasteiger partial charge in [-0.25, -0.2) is 0 Å². The third kappa shape index (κ3) is 3.31. The average molecular weight is 402 g/mol. The van der Waals surface area contributed by atoms with Gasteiger partial charge in [-0.15, -0.1) is 0 Å². The summed E-state index contributed by atoms with van der Waals surface area (Å²) in [6.07, 6.45) is 2.36. The van der Waals surface area contributed by atoms with Crippen LogP contribution in [0.4, 0.5) is 0 Å². The summed E-state index contributed by atoms with van der Waals surface area (Å²) in [4.78, 5) is 0. The van der Waals surface area contributed by atoms with E-state index in [4.69, 9.17) is 0 Å². The summed E-state index contributed by atoms with van der Waals surface area (Å²) in [6.45, 7) is 13.2. The predicted molar refractivity (Wildman–Crippen MR) is 134 cm³/mol. The van der Waals surface area contributed by atoms with E-state index in [0.29, 0.717) is 0 Å². The third-order valence-corrected chi connectivity index (χ3v) is 6.64. The molecule has 31 heavy (non-hydrogen) atoms. The first-order valence-corrected chi connectivity index (χ1v) is 11.1. The molecule has 1 aliphatic rings. The Labute approximate surface area is 186 Å². The first-order valence-electron chi connectivity index (χ1n) is 11.1. The zero-order valence-electron chi connectivity index (χ0n) is 19.4. The lowest BCUT2D eigenvalue weighted by molar-refractivity contribution is 1.32. The number of benzene rings is 4. The molecule has 0 aliphatic heterocycles. The van der Waals surface area contributed by atoms with E-state index in [-0.39, 0.29) is 0 Å². The van der Waals surface area contributed by atoms with Gasteiger partial charge in [0.25, 0.3) is 0 Å². The monoisotopic (exact) mass is 401 g/mol. The number of hydrogen-bond acceptors (Lipinski definition) is 0. The molecule has 0 unspecified atom stereocenters. The maximum atomic E-state index is 2.36. The van der Waals surface area contributed by atoms with Gasteiger partial charge in [-0.1, -0.05) is 59.7 Å². The van der Waals surface area contributed by atoms with Crippen molar-refractivity contribution in [1.29, 1.82) is 0 Å². The highest BCUT2D eigenvalue weighted by Crippen LogP contribution is 2.43. The number of aryl methyl sites for hydroxylation is 6. The first-order chi connectivity index (χ1) is 14.8. The summed E-state index contributed by atoms with van der Waals surface area (Å²) < 4.78 is 0. The molecule has 153 valence electrons. The molecule has 0 saturated heterocycles. The average Bonchev–Trinajstić information content (AvgIpc) is 3.03. The molecule has 0 bridgehead atoms. The maximum absolute atomic E-state index is 2.36. The molecule has 5 rings (SSSR count). The lowest BCUT2D eigenvalue weighted by Crippen LogP contribution is -1.91.